The molecule has 138 valence electrons. The lowest BCUT2D eigenvalue weighted by Crippen LogP contribution is -2.55. The largest absolute Gasteiger partial charge is 0.503 e. The van der Waals surface area contributed by atoms with Crippen LogP contribution in [0.1, 0.15) is 11.7 Å². The van der Waals surface area contributed by atoms with E-state index in [1.807, 2.05) is 30.5 Å². The number of rotatable bonds is 3. The van der Waals surface area contributed by atoms with Gasteiger partial charge in [-0.05, 0) is 35.2 Å². The van der Waals surface area contributed by atoms with Crippen molar-refractivity contribution >= 4 is 29.1 Å². The summed E-state index contributed by atoms with van der Waals surface area (Å²) in [5, 5.41) is 18.6. The zero-order valence-electron chi connectivity index (χ0n) is 14.5. The fraction of sp³-hybridized carbons (Fsp3) is 0.167. The first-order chi connectivity index (χ1) is 13.0. The first-order valence-corrected chi connectivity index (χ1v) is 9.66. The minimum absolute atomic E-state index is 0.131. The fourth-order valence-electron chi connectivity index (χ4n) is 3.11. The van der Waals surface area contributed by atoms with Crippen LogP contribution in [0.15, 0.2) is 46.3 Å². The first-order valence-electron chi connectivity index (χ1n) is 8.06. The number of methoxy groups -OCH3 is 1. The van der Waals surface area contributed by atoms with Crippen molar-refractivity contribution in [3.63, 3.8) is 0 Å². The molecule has 0 unspecified atom stereocenters. The first kappa shape index (κ1) is 17.7. The highest BCUT2D eigenvalue weighted by Gasteiger charge is 2.38. The number of aromatic hydroxyl groups is 1. The highest BCUT2D eigenvalue weighted by Crippen LogP contribution is 2.38. The number of para-hydroxylation sites is 1. The quantitative estimate of drug-likeness (QED) is 0.460. The Kier molecular flexibility index (Phi) is 4.45. The Morgan fingerprint density at radius 2 is 2.11 bits per heavy atom. The average Bonchev–Trinajstić information content (AvgIpc) is 2.68. The molecular formula is C18H16ClN4O3S+. The van der Waals surface area contributed by atoms with E-state index in [1.165, 1.54) is 18.9 Å². The normalized spacial score (nSPS) is 14.9. The molecule has 1 aliphatic heterocycles. The molecule has 0 saturated heterocycles. The van der Waals surface area contributed by atoms with Crippen LogP contribution in [0, 0.1) is 0 Å². The molecule has 4 rings (SSSR count). The molecule has 27 heavy (non-hydrogen) atoms. The summed E-state index contributed by atoms with van der Waals surface area (Å²) in [6.45, 7) is 0. The van der Waals surface area contributed by atoms with Gasteiger partial charge in [0.25, 0.3) is 6.17 Å². The number of nitrogens with one attached hydrogen (secondary N) is 2. The molecule has 7 nitrogen and oxygen atoms in total. The molecule has 2 heterocycles. The smallest absolute Gasteiger partial charge is 0.325 e. The number of benzene rings is 2. The molecule has 0 bridgehead atoms. The van der Waals surface area contributed by atoms with Crippen LogP contribution in [0.25, 0.3) is 11.3 Å². The third-order valence-electron chi connectivity index (χ3n) is 4.36. The Hall–Kier alpha value is -2.71. The standard InChI is InChI=1S/C18H15ClN4O3S/c1-26-13-8-9(7-11(19)15(13)24)16-20-12-6-4-3-5-10(12)14-17(25)21-18(27-2)22-23(14)16/h3-8,16H,1-2H3,(H2,21,22,24,25)/p+1/t16-/m1/s1. The molecule has 1 aromatic heterocycles. The third kappa shape index (κ3) is 2.90. The number of thioether (sulfide) groups is 1. The summed E-state index contributed by atoms with van der Waals surface area (Å²) in [6.07, 6.45) is 1.33. The van der Waals surface area contributed by atoms with Crippen molar-refractivity contribution < 1.29 is 14.5 Å². The number of ether oxygens (including phenoxy) is 1. The van der Waals surface area contributed by atoms with Crippen LogP contribution in [0.2, 0.25) is 5.02 Å². The third-order valence-corrected chi connectivity index (χ3v) is 5.22. The maximum atomic E-state index is 12.8. The van der Waals surface area contributed by atoms with Crippen LogP contribution in [0.5, 0.6) is 11.5 Å². The SMILES string of the molecule is COc1cc([C@@H]2Nc3ccccc3-c3c(=O)[nH]c(SC)n[n+]32)cc(Cl)c1O. The summed E-state index contributed by atoms with van der Waals surface area (Å²) in [5.74, 6) is 0.114. The molecule has 0 saturated carbocycles. The number of aromatic nitrogens is 3. The highest BCUT2D eigenvalue weighted by molar-refractivity contribution is 7.98. The molecule has 9 heteroatoms. The van der Waals surface area contributed by atoms with Gasteiger partial charge in [0.15, 0.2) is 11.5 Å². The predicted molar refractivity (Wildman–Crippen MR) is 104 cm³/mol. The molecule has 1 aliphatic rings. The number of phenolic OH excluding ortho intramolecular Hbond substituents is 1. The van der Waals surface area contributed by atoms with Crippen LogP contribution in [0.3, 0.4) is 0 Å². The highest BCUT2D eigenvalue weighted by atomic mass is 35.5. The number of halogens is 1. The van der Waals surface area contributed by atoms with Crippen molar-refractivity contribution in [2.45, 2.75) is 11.3 Å². The van der Waals surface area contributed by atoms with Gasteiger partial charge in [-0.15, -0.1) is 0 Å². The van der Waals surface area contributed by atoms with E-state index in [2.05, 4.69) is 15.4 Å². The molecule has 0 spiro atoms. The number of phenols is 1. The van der Waals surface area contributed by atoms with Gasteiger partial charge in [-0.2, -0.15) is 0 Å². The second-order valence-electron chi connectivity index (χ2n) is 5.90. The number of fused-ring (bicyclic) bond motifs is 3. The maximum absolute atomic E-state index is 12.8. The van der Waals surface area contributed by atoms with Gasteiger partial charge in [-0.1, -0.05) is 35.5 Å². The summed E-state index contributed by atoms with van der Waals surface area (Å²) in [7, 11) is 1.45. The van der Waals surface area contributed by atoms with Crippen LogP contribution < -0.4 is 20.3 Å². The van der Waals surface area contributed by atoms with Gasteiger partial charge in [0, 0.05) is 10.7 Å². The van der Waals surface area contributed by atoms with Crippen LogP contribution in [-0.2, 0) is 0 Å². The van der Waals surface area contributed by atoms with Gasteiger partial charge >= 0.3 is 11.3 Å². The number of anilines is 1. The van der Waals surface area contributed by atoms with E-state index in [9.17, 15) is 9.90 Å². The van der Waals surface area contributed by atoms with E-state index in [4.69, 9.17) is 16.3 Å². The van der Waals surface area contributed by atoms with Crippen LogP contribution in [-0.4, -0.2) is 28.6 Å². The summed E-state index contributed by atoms with van der Waals surface area (Å²) in [4.78, 5) is 15.6. The van der Waals surface area contributed by atoms with Gasteiger partial charge < -0.3 is 15.2 Å². The van der Waals surface area contributed by atoms with Crippen molar-refractivity contribution in [3.8, 4) is 22.8 Å². The second-order valence-corrected chi connectivity index (χ2v) is 7.10. The summed E-state index contributed by atoms with van der Waals surface area (Å²) < 4.78 is 6.85. The lowest BCUT2D eigenvalue weighted by molar-refractivity contribution is -0.759. The van der Waals surface area contributed by atoms with E-state index in [0.29, 0.717) is 16.4 Å². The minimum atomic E-state index is -0.505. The number of hydrogen-bond acceptors (Lipinski definition) is 6. The zero-order chi connectivity index (χ0) is 19.1. The van der Waals surface area contributed by atoms with E-state index >= 15 is 0 Å². The number of aromatic amines is 1. The van der Waals surface area contributed by atoms with E-state index in [1.54, 1.807) is 16.8 Å². The molecule has 0 fully saturated rings. The number of nitrogens with zero attached hydrogens (tertiary/aromatic N) is 2. The summed E-state index contributed by atoms with van der Waals surface area (Å²) in [5.41, 5.74) is 2.46. The van der Waals surface area contributed by atoms with E-state index in [-0.39, 0.29) is 22.1 Å². The molecule has 1 atom stereocenters. The van der Waals surface area contributed by atoms with Gasteiger partial charge in [-0.3, -0.25) is 9.78 Å². The molecule has 0 aliphatic carbocycles. The lowest BCUT2D eigenvalue weighted by atomic mass is 10.0. The Labute approximate surface area is 164 Å². The molecule has 2 aromatic carbocycles. The lowest BCUT2D eigenvalue weighted by Gasteiger charge is -2.22. The summed E-state index contributed by atoms with van der Waals surface area (Å²) >= 11 is 7.52. The minimum Gasteiger partial charge on any atom is -0.503 e. The van der Waals surface area contributed by atoms with Gasteiger partial charge in [-0.25, -0.2) is 0 Å². The van der Waals surface area contributed by atoms with Crippen molar-refractivity contribution in [1.29, 1.82) is 0 Å². The second kappa shape index (κ2) is 6.79. The summed E-state index contributed by atoms with van der Waals surface area (Å²) in [6, 6.07) is 10.8. The van der Waals surface area contributed by atoms with Crippen LogP contribution in [0.4, 0.5) is 5.69 Å². The van der Waals surface area contributed by atoms with Crippen molar-refractivity contribution in [2.75, 3.05) is 18.7 Å². The molecule has 3 aromatic rings. The Bertz CT molecular complexity index is 1100. The fourth-order valence-corrected chi connectivity index (χ4v) is 3.70. The van der Waals surface area contributed by atoms with E-state index < -0.39 is 6.17 Å². The molecular weight excluding hydrogens is 388 g/mol. The van der Waals surface area contributed by atoms with Gasteiger partial charge in [0.1, 0.15) is 0 Å². The molecule has 3 N–H and O–H groups in total. The average molecular weight is 404 g/mol. The van der Waals surface area contributed by atoms with Crippen LogP contribution >= 0.6 is 23.4 Å². The Balaban J connectivity index is 1.99. The Morgan fingerprint density at radius 1 is 1.33 bits per heavy atom. The van der Waals surface area contributed by atoms with E-state index in [0.717, 1.165) is 11.3 Å². The molecule has 0 amide bonds. The monoisotopic (exact) mass is 403 g/mol. The molecule has 0 radical (unpaired) electrons. The maximum Gasteiger partial charge on any atom is 0.325 e. The van der Waals surface area contributed by atoms with Crippen molar-refractivity contribution in [2.24, 2.45) is 0 Å². The van der Waals surface area contributed by atoms with Crippen molar-refractivity contribution in [1.82, 2.24) is 10.1 Å². The predicted octanol–water partition coefficient (Wildman–Crippen LogP) is 2.79. The topological polar surface area (TPSA) is 91.1 Å². The van der Waals surface area contributed by atoms with Gasteiger partial charge in [0.05, 0.1) is 23.4 Å². The van der Waals surface area contributed by atoms with Crippen molar-refractivity contribution in [3.05, 3.63) is 57.3 Å². The van der Waals surface area contributed by atoms with Gasteiger partial charge in [0.2, 0.25) is 5.16 Å². The number of hydrogen-bond donors (Lipinski definition) is 3. The number of H-pyrrole nitrogens is 1. The zero-order valence-corrected chi connectivity index (χ0v) is 16.1. The Morgan fingerprint density at radius 3 is 2.85 bits per heavy atom.